The summed E-state index contributed by atoms with van der Waals surface area (Å²) in [6.45, 7) is 0.230. The molecule has 0 spiro atoms. The van der Waals surface area contributed by atoms with Gasteiger partial charge in [-0.1, -0.05) is 12.1 Å². The van der Waals surface area contributed by atoms with Gasteiger partial charge in [0.15, 0.2) is 0 Å². The topological polar surface area (TPSA) is 52.6 Å². The van der Waals surface area contributed by atoms with E-state index in [1.54, 1.807) is 0 Å². The summed E-state index contributed by atoms with van der Waals surface area (Å²) in [6.07, 6.45) is -0.592. The first-order chi connectivity index (χ1) is 7.68. The molecule has 0 bridgehead atoms. The largest absolute Gasteiger partial charge is 0.463 e. The second kappa shape index (κ2) is 4.30. The summed E-state index contributed by atoms with van der Waals surface area (Å²) in [7, 11) is 0. The summed E-state index contributed by atoms with van der Waals surface area (Å²) in [6, 6.07) is 5.45. The Morgan fingerprint density at radius 2 is 2.19 bits per heavy atom. The average molecular weight is 224 g/mol. The lowest BCUT2D eigenvalue weighted by Crippen LogP contribution is -2.23. The first-order valence-electron chi connectivity index (χ1n) is 4.80. The average Bonchev–Trinajstić information content (AvgIpc) is 2.65. The standard InChI is InChI=1S/C11H9FO4/c12-8-4-2-1-3-7(8)10(13)16-9-5-6-15-11(9)14/h1-4,9H,5-6H2. The third kappa shape index (κ3) is 2.03. The van der Waals surface area contributed by atoms with E-state index >= 15 is 0 Å². The fourth-order valence-electron chi connectivity index (χ4n) is 1.40. The van der Waals surface area contributed by atoms with Crippen LogP contribution in [0.4, 0.5) is 4.39 Å². The number of ether oxygens (including phenoxy) is 2. The van der Waals surface area contributed by atoms with Crippen LogP contribution in [0.25, 0.3) is 0 Å². The predicted octanol–water partition coefficient (Wildman–Crippen LogP) is 1.30. The number of cyclic esters (lactones) is 1. The van der Waals surface area contributed by atoms with Crippen molar-refractivity contribution < 1.29 is 23.5 Å². The Morgan fingerprint density at radius 3 is 2.81 bits per heavy atom. The van der Waals surface area contributed by atoms with Gasteiger partial charge in [0.05, 0.1) is 12.2 Å². The summed E-state index contributed by atoms with van der Waals surface area (Å²) in [5.74, 6) is -2.09. The van der Waals surface area contributed by atoms with Crippen LogP contribution in [0.15, 0.2) is 24.3 Å². The van der Waals surface area contributed by atoms with E-state index in [9.17, 15) is 14.0 Å². The lowest BCUT2D eigenvalue weighted by Gasteiger charge is -2.08. The van der Waals surface area contributed by atoms with E-state index < -0.39 is 23.9 Å². The fraction of sp³-hybridized carbons (Fsp3) is 0.273. The van der Waals surface area contributed by atoms with Crippen molar-refractivity contribution in [2.75, 3.05) is 6.61 Å². The molecule has 5 heteroatoms. The van der Waals surface area contributed by atoms with Gasteiger partial charge in [0.2, 0.25) is 6.10 Å². The number of benzene rings is 1. The highest BCUT2D eigenvalue weighted by molar-refractivity contribution is 5.91. The molecule has 4 nitrogen and oxygen atoms in total. The molecule has 2 rings (SSSR count). The third-order valence-electron chi connectivity index (χ3n) is 2.23. The Labute approximate surface area is 91.0 Å². The summed E-state index contributed by atoms with van der Waals surface area (Å²) in [4.78, 5) is 22.5. The van der Waals surface area contributed by atoms with E-state index in [2.05, 4.69) is 4.74 Å². The third-order valence-corrected chi connectivity index (χ3v) is 2.23. The van der Waals surface area contributed by atoms with Gasteiger partial charge in [-0.2, -0.15) is 0 Å². The second-order valence-electron chi connectivity index (χ2n) is 3.33. The molecular formula is C11H9FO4. The van der Waals surface area contributed by atoms with Crippen molar-refractivity contribution >= 4 is 11.9 Å². The highest BCUT2D eigenvalue weighted by atomic mass is 19.1. The number of halogens is 1. The van der Waals surface area contributed by atoms with Gasteiger partial charge in [-0.05, 0) is 12.1 Å². The van der Waals surface area contributed by atoms with Gasteiger partial charge in [0, 0.05) is 6.42 Å². The molecule has 0 N–H and O–H groups in total. The summed E-state index contributed by atoms with van der Waals surface area (Å²) in [5.41, 5.74) is -0.179. The maximum absolute atomic E-state index is 13.2. The molecule has 1 heterocycles. The Morgan fingerprint density at radius 1 is 1.44 bits per heavy atom. The zero-order chi connectivity index (χ0) is 11.5. The van der Waals surface area contributed by atoms with Gasteiger partial charge < -0.3 is 9.47 Å². The Hall–Kier alpha value is -1.91. The van der Waals surface area contributed by atoms with Crippen LogP contribution in [-0.2, 0) is 14.3 Å². The minimum Gasteiger partial charge on any atom is -0.463 e. The van der Waals surface area contributed by atoms with Crippen molar-refractivity contribution in [1.82, 2.24) is 0 Å². The molecular weight excluding hydrogens is 215 g/mol. The van der Waals surface area contributed by atoms with Crippen LogP contribution in [0, 0.1) is 5.82 Å². The van der Waals surface area contributed by atoms with Gasteiger partial charge in [0.1, 0.15) is 5.82 Å². The van der Waals surface area contributed by atoms with Gasteiger partial charge >= 0.3 is 11.9 Å². The van der Waals surface area contributed by atoms with Gasteiger partial charge in [0.25, 0.3) is 0 Å². The molecule has 0 saturated carbocycles. The van der Waals surface area contributed by atoms with Crippen LogP contribution in [0.2, 0.25) is 0 Å². The van der Waals surface area contributed by atoms with Gasteiger partial charge in [-0.25, -0.2) is 14.0 Å². The summed E-state index contributed by atoms with van der Waals surface area (Å²) in [5, 5.41) is 0. The molecule has 1 aromatic carbocycles. The lowest BCUT2D eigenvalue weighted by atomic mass is 10.2. The zero-order valence-electron chi connectivity index (χ0n) is 8.31. The van der Waals surface area contributed by atoms with E-state index in [1.807, 2.05) is 0 Å². The molecule has 0 radical (unpaired) electrons. The number of carbonyl (C=O) groups is 2. The normalized spacial score (nSPS) is 19.3. The molecule has 1 atom stereocenters. The first kappa shape index (κ1) is 10.6. The van der Waals surface area contributed by atoms with Crippen molar-refractivity contribution in [3.63, 3.8) is 0 Å². The SMILES string of the molecule is O=C(OC1CCOC1=O)c1ccccc1F. The maximum atomic E-state index is 13.2. The van der Waals surface area contributed by atoms with Crippen molar-refractivity contribution in [3.05, 3.63) is 35.6 Å². The smallest absolute Gasteiger partial charge is 0.347 e. The van der Waals surface area contributed by atoms with Crippen LogP contribution in [0.1, 0.15) is 16.8 Å². The molecule has 0 aliphatic carbocycles. The van der Waals surface area contributed by atoms with E-state index in [1.165, 1.54) is 18.2 Å². The Balaban J connectivity index is 2.09. The number of hydrogen-bond donors (Lipinski definition) is 0. The molecule has 1 unspecified atom stereocenters. The predicted molar refractivity (Wildman–Crippen MR) is 51.2 cm³/mol. The van der Waals surface area contributed by atoms with Gasteiger partial charge in [-0.3, -0.25) is 0 Å². The number of hydrogen-bond acceptors (Lipinski definition) is 4. The Kier molecular flexibility index (Phi) is 2.85. The zero-order valence-corrected chi connectivity index (χ0v) is 8.31. The molecule has 1 aliphatic heterocycles. The van der Waals surface area contributed by atoms with Crippen molar-refractivity contribution in [2.24, 2.45) is 0 Å². The molecule has 84 valence electrons. The van der Waals surface area contributed by atoms with Crippen LogP contribution < -0.4 is 0 Å². The Bertz CT molecular complexity index is 430. The monoisotopic (exact) mass is 224 g/mol. The molecule has 0 aromatic heterocycles. The van der Waals surface area contributed by atoms with Crippen LogP contribution in [0.3, 0.4) is 0 Å². The van der Waals surface area contributed by atoms with E-state index in [0.717, 1.165) is 6.07 Å². The van der Waals surface area contributed by atoms with Crippen LogP contribution in [0.5, 0.6) is 0 Å². The maximum Gasteiger partial charge on any atom is 0.347 e. The highest BCUT2D eigenvalue weighted by Gasteiger charge is 2.31. The quantitative estimate of drug-likeness (QED) is 0.710. The second-order valence-corrected chi connectivity index (χ2v) is 3.33. The van der Waals surface area contributed by atoms with Crippen molar-refractivity contribution in [1.29, 1.82) is 0 Å². The number of rotatable bonds is 2. The van der Waals surface area contributed by atoms with Gasteiger partial charge in [-0.15, -0.1) is 0 Å². The minimum atomic E-state index is -0.910. The minimum absolute atomic E-state index is 0.179. The summed E-state index contributed by atoms with van der Waals surface area (Å²) < 4.78 is 22.7. The van der Waals surface area contributed by atoms with Crippen LogP contribution in [-0.4, -0.2) is 24.6 Å². The molecule has 16 heavy (non-hydrogen) atoms. The van der Waals surface area contributed by atoms with E-state index in [0.29, 0.717) is 6.42 Å². The fourth-order valence-corrected chi connectivity index (χ4v) is 1.40. The molecule has 1 saturated heterocycles. The van der Waals surface area contributed by atoms with E-state index in [-0.39, 0.29) is 12.2 Å². The van der Waals surface area contributed by atoms with Crippen LogP contribution >= 0.6 is 0 Å². The first-order valence-corrected chi connectivity index (χ1v) is 4.80. The molecule has 1 aliphatic rings. The lowest BCUT2D eigenvalue weighted by molar-refractivity contribution is -0.145. The highest BCUT2D eigenvalue weighted by Crippen LogP contribution is 2.14. The summed E-state index contributed by atoms with van der Waals surface area (Å²) >= 11 is 0. The number of carbonyl (C=O) groups excluding carboxylic acids is 2. The van der Waals surface area contributed by atoms with Crippen molar-refractivity contribution in [2.45, 2.75) is 12.5 Å². The van der Waals surface area contributed by atoms with E-state index in [4.69, 9.17) is 4.74 Å². The molecule has 1 fully saturated rings. The van der Waals surface area contributed by atoms with Crippen molar-refractivity contribution in [3.8, 4) is 0 Å². The molecule has 1 aromatic rings. The number of esters is 2. The molecule has 0 amide bonds.